The summed E-state index contributed by atoms with van der Waals surface area (Å²) < 4.78 is 29.1. The van der Waals surface area contributed by atoms with Gasteiger partial charge in [0.1, 0.15) is 17.3 Å². The smallest absolute Gasteiger partial charge is 0.229 e. The van der Waals surface area contributed by atoms with Crippen LogP contribution in [0.5, 0.6) is 0 Å². The summed E-state index contributed by atoms with van der Waals surface area (Å²) in [5.41, 5.74) is 0.240. The first-order valence-electron chi connectivity index (χ1n) is 7.33. The number of benzene rings is 1. The third kappa shape index (κ3) is 3.10. The van der Waals surface area contributed by atoms with Gasteiger partial charge in [0.05, 0.1) is 24.4 Å². The minimum Gasteiger partial charge on any atom is -0.351 e. The molecule has 1 aliphatic heterocycles. The third-order valence-electron chi connectivity index (χ3n) is 3.85. The van der Waals surface area contributed by atoms with Crippen molar-refractivity contribution in [2.24, 2.45) is 7.05 Å². The average Bonchev–Trinajstić information content (AvgIpc) is 3.06. The van der Waals surface area contributed by atoms with Crippen LogP contribution in [-0.2, 0) is 23.1 Å². The maximum atomic E-state index is 13.8. The van der Waals surface area contributed by atoms with Crippen LogP contribution in [0, 0.1) is 11.6 Å². The highest BCUT2D eigenvalue weighted by Gasteiger charge is 2.34. The highest BCUT2D eigenvalue weighted by atomic mass is 19.1. The van der Waals surface area contributed by atoms with Gasteiger partial charge in [-0.1, -0.05) is 11.3 Å². The van der Waals surface area contributed by atoms with Gasteiger partial charge in [-0.3, -0.25) is 14.3 Å². The normalized spacial score (nSPS) is 17.4. The molecule has 1 aromatic heterocycles. The van der Waals surface area contributed by atoms with Gasteiger partial charge in [-0.2, -0.15) is 0 Å². The molecule has 2 aromatic rings. The molecule has 1 aromatic carbocycles. The fourth-order valence-electron chi connectivity index (χ4n) is 2.68. The number of halogens is 2. The van der Waals surface area contributed by atoms with E-state index in [0.717, 1.165) is 17.0 Å². The lowest BCUT2D eigenvalue weighted by Crippen LogP contribution is -2.38. The highest BCUT2D eigenvalue weighted by molar-refractivity contribution is 5.97. The number of hydrogen-bond donors (Lipinski definition) is 1. The Kier molecular flexibility index (Phi) is 4.24. The van der Waals surface area contributed by atoms with Crippen molar-refractivity contribution in [3.8, 4) is 0 Å². The zero-order valence-corrected chi connectivity index (χ0v) is 12.9. The van der Waals surface area contributed by atoms with E-state index in [0.29, 0.717) is 5.69 Å². The Bertz CT molecular complexity index is 772. The maximum absolute atomic E-state index is 13.8. The van der Waals surface area contributed by atoms with Crippen LogP contribution in [-0.4, -0.2) is 39.4 Å². The Labute approximate surface area is 136 Å². The molecule has 2 amide bonds. The van der Waals surface area contributed by atoms with Gasteiger partial charge < -0.3 is 10.2 Å². The SMILES string of the molecule is Cn1nncc1CC(=O)NC1CC(=O)N(c2c(F)cccc2F)C1. The van der Waals surface area contributed by atoms with E-state index in [2.05, 4.69) is 15.6 Å². The summed E-state index contributed by atoms with van der Waals surface area (Å²) in [6.45, 7) is 0.0199. The van der Waals surface area contributed by atoms with Crippen molar-refractivity contribution in [1.82, 2.24) is 20.3 Å². The minimum atomic E-state index is -0.809. The zero-order chi connectivity index (χ0) is 17.3. The summed E-state index contributed by atoms with van der Waals surface area (Å²) in [4.78, 5) is 25.1. The molecule has 0 radical (unpaired) electrons. The Morgan fingerprint density at radius 1 is 1.38 bits per heavy atom. The van der Waals surface area contributed by atoms with Gasteiger partial charge in [-0.25, -0.2) is 8.78 Å². The third-order valence-corrected chi connectivity index (χ3v) is 3.85. The number of aromatic nitrogens is 3. The second kappa shape index (κ2) is 6.34. The highest BCUT2D eigenvalue weighted by Crippen LogP contribution is 2.27. The van der Waals surface area contributed by atoms with E-state index >= 15 is 0 Å². The summed E-state index contributed by atoms with van der Waals surface area (Å²) in [6.07, 6.45) is 1.52. The van der Waals surface area contributed by atoms with E-state index in [1.54, 1.807) is 7.05 Å². The molecule has 2 heterocycles. The van der Waals surface area contributed by atoms with E-state index in [9.17, 15) is 18.4 Å². The number of hydrogen-bond acceptors (Lipinski definition) is 4. The molecular weight excluding hydrogens is 320 g/mol. The van der Waals surface area contributed by atoms with Crippen LogP contribution in [0.15, 0.2) is 24.4 Å². The van der Waals surface area contributed by atoms with Crippen molar-refractivity contribution >= 4 is 17.5 Å². The van der Waals surface area contributed by atoms with Gasteiger partial charge in [-0.05, 0) is 12.1 Å². The Morgan fingerprint density at radius 2 is 2.08 bits per heavy atom. The molecule has 9 heteroatoms. The molecule has 1 atom stereocenters. The van der Waals surface area contributed by atoms with Gasteiger partial charge >= 0.3 is 0 Å². The number of nitrogens with one attached hydrogen (secondary N) is 1. The Morgan fingerprint density at radius 3 is 2.71 bits per heavy atom. The lowest BCUT2D eigenvalue weighted by molar-refractivity contribution is -0.121. The van der Waals surface area contributed by atoms with E-state index < -0.39 is 23.6 Å². The number of para-hydroxylation sites is 1. The van der Waals surface area contributed by atoms with E-state index in [-0.39, 0.29) is 31.0 Å². The van der Waals surface area contributed by atoms with Crippen LogP contribution in [0.3, 0.4) is 0 Å². The lowest BCUT2D eigenvalue weighted by Gasteiger charge is -2.18. The van der Waals surface area contributed by atoms with Crippen LogP contribution in [0.2, 0.25) is 0 Å². The number of carbonyl (C=O) groups is 2. The molecule has 3 rings (SSSR count). The van der Waals surface area contributed by atoms with Gasteiger partial charge in [0.2, 0.25) is 11.8 Å². The standard InChI is InChI=1S/C15H15F2N5O2/c1-21-10(7-18-20-21)6-13(23)19-9-5-14(24)22(8-9)15-11(16)3-2-4-12(15)17/h2-4,7,9H,5-6,8H2,1H3,(H,19,23). The van der Waals surface area contributed by atoms with Crippen LogP contribution in [0.25, 0.3) is 0 Å². The topological polar surface area (TPSA) is 80.1 Å². The summed E-state index contributed by atoms with van der Waals surface area (Å²) in [7, 11) is 1.66. The molecule has 1 aliphatic rings. The second-order valence-electron chi connectivity index (χ2n) is 5.57. The van der Waals surface area contributed by atoms with Gasteiger partial charge in [0, 0.05) is 20.0 Å². The van der Waals surface area contributed by atoms with Crippen LogP contribution >= 0.6 is 0 Å². The first-order chi connectivity index (χ1) is 11.5. The number of nitrogens with zero attached hydrogens (tertiary/aromatic N) is 4. The van der Waals surface area contributed by atoms with Crippen LogP contribution in [0.1, 0.15) is 12.1 Å². The fourth-order valence-corrected chi connectivity index (χ4v) is 2.68. The molecule has 7 nitrogen and oxygen atoms in total. The summed E-state index contributed by atoms with van der Waals surface area (Å²) in [6, 6.07) is 2.90. The molecule has 1 N–H and O–H groups in total. The first kappa shape index (κ1) is 16.0. The fraction of sp³-hybridized carbons (Fsp3) is 0.333. The molecule has 1 unspecified atom stereocenters. The molecule has 24 heavy (non-hydrogen) atoms. The molecule has 0 aliphatic carbocycles. The average molecular weight is 335 g/mol. The molecule has 1 saturated heterocycles. The number of aryl methyl sites for hydroxylation is 1. The van der Waals surface area contributed by atoms with E-state index in [1.165, 1.54) is 16.9 Å². The van der Waals surface area contributed by atoms with Crippen molar-refractivity contribution < 1.29 is 18.4 Å². The largest absolute Gasteiger partial charge is 0.351 e. The molecular formula is C15H15F2N5O2. The number of anilines is 1. The lowest BCUT2D eigenvalue weighted by atomic mass is 10.2. The molecule has 0 spiro atoms. The van der Waals surface area contributed by atoms with Gasteiger partial charge in [0.15, 0.2) is 0 Å². The Hall–Kier alpha value is -2.84. The predicted octanol–water partition coefficient (Wildman–Crippen LogP) is 0.558. The predicted molar refractivity (Wildman–Crippen MR) is 80.0 cm³/mol. The zero-order valence-electron chi connectivity index (χ0n) is 12.9. The van der Waals surface area contributed by atoms with Gasteiger partial charge in [-0.15, -0.1) is 5.10 Å². The summed E-state index contributed by atoms with van der Waals surface area (Å²) in [5, 5.41) is 10.1. The Balaban J connectivity index is 1.67. The van der Waals surface area contributed by atoms with Crippen molar-refractivity contribution in [3.63, 3.8) is 0 Å². The van der Waals surface area contributed by atoms with Gasteiger partial charge in [0.25, 0.3) is 0 Å². The van der Waals surface area contributed by atoms with Crippen LogP contribution < -0.4 is 10.2 Å². The molecule has 1 fully saturated rings. The summed E-state index contributed by atoms with van der Waals surface area (Å²) in [5.74, 6) is -2.37. The first-order valence-corrected chi connectivity index (χ1v) is 7.33. The molecule has 0 saturated carbocycles. The summed E-state index contributed by atoms with van der Waals surface area (Å²) >= 11 is 0. The van der Waals surface area contributed by atoms with Crippen molar-refractivity contribution in [3.05, 3.63) is 41.7 Å². The minimum absolute atomic E-state index is 0.0108. The van der Waals surface area contributed by atoms with Crippen molar-refractivity contribution in [1.29, 1.82) is 0 Å². The quantitative estimate of drug-likeness (QED) is 0.885. The maximum Gasteiger partial charge on any atom is 0.229 e. The van der Waals surface area contributed by atoms with Crippen molar-refractivity contribution in [2.75, 3.05) is 11.4 Å². The number of amides is 2. The monoisotopic (exact) mass is 335 g/mol. The van der Waals surface area contributed by atoms with E-state index in [1.807, 2.05) is 0 Å². The second-order valence-corrected chi connectivity index (χ2v) is 5.57. The van der Waals surface area contributed by atoms with Crippen LogP contribution in [0.4, 0.5) is 14.5 Å². The number of rotatable bonds is 4. The molecule has 0 bridgehead atoms. The van der Waals surface area contributed by atoms with Crippen molar-refractivity contribution in [2.45, 2.75) is 18.9 Å². The molecule has 126 valence electrons. The van der Waals surface area contributed by atoms with E-state index in [4.69, 9.17) is 0 Å². The number of carbonyl (C=O) groups excluding carboxylic acids is 2.